The second-order valence-electron chi connectivity index (χ2n) is 3.89. The summed E-state index contributed by atoms with van der Waals surface area (Å²) in [6.45, 7) is 2.35. The molecule has 88 valence electrons. The van der Waals surface area contributed by atoms with Crippen molar-refractivity contribution >= 4 is 0 Å². The Bertz CT molecular complexity index is 379. The minimum Gasteiger partial charge on any atom is -0.496 e. The van der Waals surface area contributed by atoms with E-state index in [1.54, 1.807) is 7.11 Å². The molecule has 0 saturated carbocycles. The summed E-state index contributed by atoms with van der Waals surface area (Å²) in [6, 6.07) is 3.96. The summed E-state index contributed by atoms with van der Waals surface area (Å²) in [4.78, 5) is 0. The van der Waals surface area contributed by atoms with E-state index in [0.29, 0.717) is 0 Å². The molecule has 1 atom stereocenters. The van der Waals surface area contributed by atoms with Crippen LogP contribution in [0.3, 0.4) is 0 Å². The van der Waals surface area contributed by atoms with Gasteiger partial charge in [-0.1, -0.05) is 6.92 Å². The van der Waals surface area contributed by atoms with Gasteiger partial charge in [0.1, 0.15) is 5.75 Å². The van der Waals surface area contributed by atoms with E-state index in [-0.39, 0.29) is 12.8 Å². The molecule has 0 fully saturated rings. The summed E-state index contributed by atoms with van der Waals surface area (Å²) < 4.78 is 16.0. The number of rotatable bonds is 4. The molecule has 1 heterocycles. The molecule has 1 aliphatic rings. The largest absolute Gasteiger partial charge is 0.496 e. The van der Waals surface area contributed by atoms with E-state index in [2.05, 4.69) is 6.92 Å². The number of fused-ring (bicyclic) bond motifs is 1. The lowest BCUT2D eigenvalue weighted by atomic mass is 10.0. The number of hydrogen-bond donors (Lipinski definition) is 1. The third kappa shape index (κ3) is 2.07. The van der Waals surface area contributed by atoms with E-state index >= 15 is 0 Å². The van der Waals surface area contributed by atoms with Gasteiger partial charge in [-0.2, -0.15) is 0 Å². The SMILES string of the molecule is CCC(N)Cc1cc2c(cc1OC)OCO2. The van der Waals surface area contributed by atoms with Crippen LogP contribution in [0.15, 0.2) is 12.1 Å². The Morgan fingerprint density at radius 2 is 2.06 bits per heavy atom. The number of benzene rings is 1. The average Bonchev–Trinajstić information content (AvgIpc) is 2.74. The number of ether oxygens (including phenoxy) is 3. The smallest absolute Gasteiger partial charge is 0.231 e. The van der Waals surface area contributed by atoms with Crippen molar-refractivity contribution in [1.29, 1.82) is 0 Å². The van der Waals surface area contributed by atoms with Crippen LogP contribution < -0.4 is 19.9 Å². The topological polar surface area (TPSA) is 53.7 Å². The third-order valence-electron chi connectivity index (χ3n) is 2.78. The van der Waals surface area contributed by atoms with Crippen LogP contribution in [0, 0.1) is 0 Å². The standard InChI is InChI=1S/C12H17NO3/c1-3-9(13)4-8-5-11-12(16-7-15-11)6-10(8)14-2/h5-6,9H,3-4,7,13H2,1-2H3. The van der Waals surface area contributed by atoms with Gasteiger partial charge in [0.2, 0.25) is 6.79 Å². The Morgan fingerprint density at radius 1 is 1.38 bits per heavy atom. The van der Waals surface area contributed by atoms with Gasteiger partial charge in [-0.15, -0.1) is 0 Å². The van der Waals surface area contributed by atoms with Crippen LogP contribution in [0.1, 0.15) is 18.9 Å². The predicted octanol–water partition coefficient (Wildman–Crippen LogP) is 1.70. The van der Waals surface area contributed by atoms with E-state index in [9.17, 15) is 0 Å². The Kier molecular flexibility index (Phi) is 3.19. The first kappa shape index (κ1) is 11.1. The number of hydrogen-bond acceptors (Lipinski definition) is 4. The van der Waals surface area contributed by atoms with Gasteiger partial charge < -0.3 is 19.9 Å². The van der Waals surface area contributed by atoms with Crippen molar-refractivity contribution in [3.05, 3.63) is 17.7 Å². The zero-order valence-electron chi connectivity index (χ0n) is 9.66. The monoisotopic (exact) mass is 223 g/mol. The molecule has 4 nitrogen and oxygen atoms in total. The van der Waals surface area contributed by atoms with E-state index in [0.717, 1.165) is 35.7 Å². The first-order chi connectivity index (χ1) is 7.74. The lowest BCUT2D eigenvalue weighted by Gasteiger charge is -2.13. The molecule has 0 saturated heterocycles. The molecule has 1 unspecified atom stereocenters. The van der Waals surface area contributed by atoms with Gasteiger partial charge in [0.15, 0.2) is 11.5 Å². The lowest BCUT2D eigenvalue weighted by Crippen LogP contribution is -2.21. The van der Waals surface area contributed by atoms with Gasteiger partial charge in [-0.05, 0) is 24.5 Å². The summed E-state index contributed by atoms with van der Waals surface area (Å²) in [6.07, 6.45) is 1.73. The number of methoxy groups -OCH3 is 1. The van der Waals surface area contributed by atoms with Crippen LogP contribution in [0.2, 0.25) is 0 Å². The highest BCUT2D eigenvalue weighted by atomic mass is 16.7. The van der Waals surface area contributed by atoms with Crippen LogP contribution in [0.5, 0.6) is 17.2 Å². The van der Waals surface area contributed by atoms with Gasteiger partial charge in [-0.3, -0.25) is 0 Å². The molecule has 0 aliphatic carbocycles. The summed E-state index contributed by atoms with van der Waals surface area (Å²) in [5.74, 6) is 2.33. The van der Waals surface area contributed by atoms with Crippen LogP contribution >= 0.6 is 0 Å². The van der Waals surface area contributed by atoms with E-state index in [4.69, 9.17) is 19.9 Å². The van der Waals surface area contributed by atoms with Gasteiger partial charge in [0, 0.05) is 12.1 Å². The fourth-order valence-corrected chi connectivity index (χ4v) is 1.74. The first-order valence-electron chi connectivity index (χ1n) is 5.46. The predicted molar refractivity (Wildman–Crippen MR) is 61.1 cm³/mol. The molecule has 1 aromatic rings. The van der Waals surface area contributed by atoms with Crippen molar-refractivity contribution < 1.29 is 14.2 Å². The summed E-state index contributed by atoms with van der Waals surface area (Å²) in [5, 5.41) is 0. The van der Waals surface area contributed by atoms with Crippen LogP contribution in [0.25, 0.3) is 0 Å². The number of nitrogens with two attached hydrogens (primary N) is 1. The fraction of sp³-hybridized carbons (Fsp3) is 0.500. The minimum atomic E-state index is 0.147. The molecular weight excluding hydrogens is 206 g/mol. The molecule has 4 heteroatoms. The van der Waals surface area contributed by atoms with Crippen molar-refractivity contribution in [3.8, 4) is 17.2 Å². The zero-order chi connectivity index (χ0) is 11.5. The molecule has 2 N–H and O–H groups in total. The Hall–Kier alpha value is -1.42. The molecule has 1 aliphatic heterocycles. The van der Waals surface area contributed by atoms with Gasteiger partial charge in [0.25, 0.3) is 0 Å². The molecule has 0 amide bonds. The first-order valence-corrected chi connectivity index (χ1v) is 5.46. The maximum Gasteiger partial charge on any atom is 0.231 e. The molecular formula is C12H17NO3. The van der Waals surface area contributed by atoms with Gasteiger partial charge >= 0.3 is 0 Å². The Morgan fingerprint density at radius 3 is 2.69 bits per heavy atom. The van der Waals surface area contributed by atoms with E-state index in [1.165, 1.54) is 0 Å². The van der Waals surface area contributed by atoms with Gasteiger partial charge in [0.05, 0.1) is 7.11 Å². The molecule has 0 bridgehead atoms. The highest BCUT2D eigenvalue weighted by Crippen LogP contribution is 2.38. The van der Waals surface area contributed by atoms with Crippen molar-refractivity contribution in [2.24, 2.45) is 5.73 Å². The quantitative estimate of drug-likeness (QED) is 0.844. The average molecular weight is 223 g/mol. The summed E-state index contributed by atoms with van der Waals surface area (Å²) in [5.41, 5.74) is 7.02. The summed E-state index contributed by atoms with van der Waals surface area (Å²) >= 11 is 0. The van der Waals surface area contributed by atoms with Crippen molar-refractivity contribution in [2.45, 2.75) is 25.8 Å². The zero-order valence-corrected chi connectivity index (χ0v) is 9.66. The normalized spacial score (nSPS) is 14.9. The lowest BCUT2D eigenvalue weighted by molar-refractivity contribution is 0.174. The molecule has 0 radical (unpaired) electrons. The van der Waals surface area contributed by atoms with Crippen molar-refractivity contribution in [1.82, 2.24) is 0 Å². The second-order valence-corrected chi connectivity index (χ2v) is 3.89. The minimum absolute atomic E-state index is 0.147. The Labute approximate surface area is 95.3 Å². The van der Waals surface area contributed by atoms with Crippen LogP contribution in [-0.2, 0) is 6.42 Å². The van der Waals surface area contributed by atoms with Crippen molar-refractivity contribution in [2.75, 3.05) is 13.9 Å². The molecule has 0 spiro atoms. The Balaban J connectivity index is 2.28. The van der Waals surface area contributed by atoms with Crippen molar-refractivity contribution in [3.63, 3.8) is 0 Å². The van der Waals surface area contributed by atoms with E-state index < -0.39 is 0 Å². The van der Waals surface area contributed by atoms with Crippen LogP contribution in [-0.4, -0.2) is 19.9 Å². The van der Waals surface area contributed by atoms with E-state index in [1.807, 2.05) is 12.1 Å². The summed E-state index contributed by atoms with van der Waals surface area (Å²) in [7, 11) is 1.65. The maximum absolute atomic E-state index is 5.95. The highest BCUT2D eigenvalue weighted by molar-refractivity contribution is 5.52. The fourth-order valence-electron chi connectivity index (χ4n) is 1.74. The molecule has 16 heavy (non-hydrogen) atoms. The third-order valence-corrected chi connectivity index (χ3v) is 2.78. The molecule has 1 aromatic carbocycles. The molecule has 2 rings (SSSR count). The highest BCUT2D eigenvalue weighted by Gasteiger charge is 2.18. The maximum atomic E-state index is 5.95. The molecule has 0 aromatic heterocycles. The van der Waals surface area contributed by atoms with Crippen LogP contribution in [0.4, 0.5) is 0 Å². The van der Waals surface area contributed by atoms with Gasteiger partial charge in [-0.25, -0.2) is 0 Å². The second kappa shape index (κ2) is 4.61.